The number of thiophene rings is 1. The van der Waals surface area contributed by atoms with Crippen molar-refractivity contribution in [2.24, 2.45) is 0 Å². The lowest BCUT2D eigenvalue weighted by atomic mass is 10.0. The first-order valence-electron chi connectivity index (χ1n) is 4.94. The van der Waals surface area contributed by atoms with Crippen molar-refractivity contribution >= 4 is 17.6 Å². The summed E-state index contributed by atoms with van der Waals surface area (Å²) in [6.45, 7) is 3.83. The van der Waals surface area contributed by atoms with Crippen LogP contribution in [0.1, 0.15) is 20.8 Å². The molecule has 0 saturated carbocycles. The zero-order chi connectivity index (χ0) is 11.7. The summed E-state index contributed by atoms with van der Waals surface area (Å²) in [4.78, 5) is 12.4. The van der Waals surface area contributed by atoms with Gasteiger partial charge in [0.05, 0.1) is 4.88 Å². The highest BCUT2D eigenvalue weighted by molar-refractivity contribution is 7.17. The predicted molar refractivity (Wildman–Crippen MR) is 64.6 cm³/mol. The number of benzene rings is 1. The van der Waals surface area contributed by atoms with Crippen LogP contribution in [-0.4, -0.2) is 6.29 Å². The van der Waals surface area contributed by atoms with E-state index >= 15 is 0 Å². The second-order valence-corrected chi connectivity index (χ2v) is 4.82. The molecule has 1 aromatic carbocycles. The number of aldehydes is 1. The fraction of sp³-hybridized carbons (Fsp3) is 0.154. The van der Waals surface area contributed by atoms with Gasteiger partial charge in [-0.1, -0.05) is 6.07 Å². The molecule has 0 bridgehead atoms. The molecular formula is C13H11FOS. The third-order valence-corrected chi connectivity index (χ3v) is 3.68. The molecule has 2 rings (SSSR count). The van der Waals surface area contributed by atoms with Crippen LogP contribution in [0.25, 0.3) is 10.4 Å². The van der Waals surface area contributed by atoms with Crippen molar-refractivity contribution in [3.05, 3.63) is 46.1 Å². The van der Waals surface area contributed by atoms with Gasteiger partial charge in [0.15, 0.2) is 6.29 Å². The Labute approximate surface area is 97.6 Å². The van der Waals surface area contributed by atoms with E-state index < -0.39 is 0 Å². The molecule has 1 nitrogen and oxygen atoms in total. The van der Waals surface area contributed by atoms with Crippen molar-refractivity contribution in [1.29, 1.82) is 0 Å². The summed E-state index contributed by atoms with van der Waals surface area (Å²) in [7, 11) is 0. The molecule has 2 aromatic rings. The topological polar surface area (TPSA) is 17.1 Å². The fourth-order valence-electron chi connectivity index (χ4n) is 1.71. The van der Waals surface area contributed by atoms with E-state index in [1.807, 2.05) is 19.9 Å². The highest BCUT2D eigenvalue weighted by Gasteiger charge is 2.10. The molecule has 0 amide bonds. The molecule has 0 spiro atoms. The van der Waals surface area contributed by atoms with E-state index in [-0.39, 0.29) is 5.82 Å². The number of hydrogen-bond acceptors (Lipinski definition) is 2. The molecule has 0 aliphatic rings. The van der Waals surface area contributed by atoms with E-state index in [2.05, 4.69) is 0 Å². The molecule has 0 unspecified atom stereocenters. The SMILES string of the molecule is Cc1cc(F)ccc1-c1sc(C=O)cc1C. The number of carbonyl (C=O) groups excluding carboxylic acids is 1. The second-order valence-electron chi connectivity index (χ2n) is 3.74. The predicted octanol–water partition coefficient (Wildman–Crippen LogP) is 3.98. The van der Waals surface area contributed by atoms with E-state index in [9.17, 15) is 9.18 Å². The lowest BCUT2D eigenvalue weighted by molar-refractivity contribution is 0.112. The standard InChI is InChI=1S/C13H11FOS/c1-8-5-10(14)3-4-12(8)13-9(2)6-11(7-15)16-13/h3-7H,1-2H3. The summed E-state index contributed by atoms with van der Waals surface area (Å²) < 4.78 is 13.0. The van der Waals surface area contributed by atoms with Crippen molar-refractivity contribution in [3.63, 3.8) is 0 Å². The highest BCUT2D eigenvalue weighted by Crippen LogP contribution is 2.33. The molecule has 0 atom stereocenters. The van der Waals surface area contributed by atoms with Crippen molar-refractivity contribution in [3.8, 4) is 10.4 Å². The average Bonchev–Trinajstić information content (AvgIpc) is 2.60. The lowest BCUT2D eigenvalue weighted by Crippen LogP contribution is -1.83. The molecule has 3 heteroatoms. The lowest BCUT2D eigenvalue weighted by Gasteiger charge is -2.04. The van der Waals surface area contributed by atoms with Gasteiger partial charge in [0.2, 0.25) is 0 Å². The molecule has 1 heterocycles. The Morgan fingerprint density at radius 2 is 1.94 bits per heavy atom. The van der Waals surface area contributed by atoms with Crippen molar-refractivity contribution in [2.45, 2.75) is 13.8 Å². The Morgan fingerprint density at radius 1 is 1.19 bits per heavy atom. The molecule has 0 N–H and O–H groups in total. The van der Waals surface area contributed by atoms with Gasteiger partial charge in [-0.3, -0.25) is 4.79 Å². The third-order valence-electron chi connectivity index (χ3n) is 2.49. The Kier molecular flexibility index (Phi) is 2.88. The van der Waals surface area contributed by atoms with Crippen LogP contribution in [0.2, 0.25) is 0 Å². The van der Waals surface area contributed by atoms with Gasteiger partial charge < -0.3 is 0 Å². The van der Waals surface area contributed by atoms with Gasteiger partial charge in [-0.2, -0.15) is 0 Å². The summed E-state index contributed by atoms with van der Waals surface area (Å²) >= 11 is 1.44. The van der Waals surface area contributed by atoms with E-state index in [1.165, 1.54) is 23.5 Å². The van der Waals surface area contributed by atoms with Gasteiger partial charge in [-0.25, -0.2) is 4.39 Å². The molecule has 0 aliphatic heterocycles. The average molecular weight is 234 g/mol. The maximum atomic E-state index is 13.0. The molecule has 16 heavy (non-hydrogen) atoms. The van der Waals surface area contributed by atoms with Crippen molar-refractivity contribution in [1.82, 2.24) is 0 Å². The van der Waals surface area contributed by atoms with Gasteiger partial charge >= 0.3 is 0 Å². The Bertz CT molecular complexity index is 543. The first-order chi connectivity index (χ1) is 7.61. The molecule has 0 saturated heterocycles. The van der Waals surface area contributed by atoms with E-state index in [1.54, 1.807) is 6.07 Å². The van der Waals surface area contributed by atoms with Gasteiger partial charge in [0.25, 0.3) is 0 Å². The van der Waals surface area contributed by atoms with Crippen LogP contribution >= 0.6 is 11.3 Å². The molecule has 1 aromatic heterocycles. The second kappa shape index (κ2) is 4.18. The van der Waals surface area contributed by atoms with Crippen LogP contribution in [0.15, 0.2) is 24.3 Å². The summed E-state index contributed by atoms with van der Waals surface area (Å²) in [5.74, 6) is -0.230. The number of hydrogen-bond donors (Lipinski definition) is 0. The Balaban J connectivity index is 2.57. The van der Waals surface area contributed by atoms with Gasteiger partial charge in [0, 0.05) is 4.88 Å². The molecule has 82 valence electrons. The van der Waals surface area contributed by atoms with Gasteiger partial charge in [-0.15, -0.1) is 11.3 Å². The maximum absolute atomic E-state index is 13.0. The minimum absolute atomic E-state index is 0.230. The normalized spacial score (nSPS) is 10.4. The van der Waals surface area contributed by atoms with Crippen LogP contribution < -0.4 is 0 Å². The van der Waals surface area contributed by atoms with E-state index in [0.717, 1.165) is 27.9 Å². The number of halogens is 1. The number of carbonyl (C=O) groups is 1. The number of aryl methyl sites for hydroxylation is 2. The molecule has 0 fully saturated rings. The summed E-state index contributed by atoms with van der Waals surface area (Å²) in [6.07, 6.45) is 0.847. The molecule has 0 radical (unpaired) electrons. The zero-order valence-corrected chi connectivity index (χ0v) is 9.90. The third kappa shape index (κ3) is 1.91. The van der Waals surface area contributed by atoms with Gasteiger partial charge in [-0.05, 0) is 48.7 Å². The zero-order valence-electron chi connectivity index (χ0n) is 9.08. The minimum atomic E-state index is -0.230. The molecule has 0 aliphatic carbocycles. The Morgan fingerprint density at radius 3 is 2.50 bits per heavy atom. The Hall–Kier alpha value is -1.48. The van der Waals surface area contributed by atoms with Crippen LogP contribution in [-0.2, 0) is 0 Å². The van der Waals surface area contributed by atoms with Crippen LogP contribution in [0.4, 0.5) is 4.39 Å². The monoisotopic (exact) mass is 234 g/mol. The summed E-state index contributed by atoms with van der Waals surface area (Å²) in [5, 5.41) is 0. The summed E-state index contributed by atoms with van der Waals surface area (Å²) in [5.41, 5.74) is 2.95. The quantitative estimate of drug-likeness (QED) is 0.718. The van der Waals surface area contributed by atoms with Crippen molar-refractivity contribution < 1.29 is 9.18 Å². The van der Waals surface area contributed by atoms with Gasteiger partial charge in [0.1, 0.15) is 5.82 Å². The van der Waals surface area contributed by atoms with Crippen LogP contribution in [0.5, 0.6) is 0 Å². The smallest absolute Gasteiger partial charge is 0.160 e. The minimum Gasteiger partial charge on any atom is -0.297 e. The van der Waals surface area contributed by atoms with E-state index in [4.69, 9.17) is 0 Å². The summed E-state index contributed by atoms with van der Waals surface area (Å²) in [6, 6.07) is 6.57. The van der Waals surface area contributed by atoms with Crippen LogP contribution in [0.3, 0.4) is 0 Å². The first-order valence-corrected chi connectivity index (χ1v) is 5.75. The largest absolute Gasteiger partial charge is 0.297 e. The highest BCUT2D eigenvalue weighted by atomic mass is 32.1. The first kappa shape index (κ1) is 11.0. The van der Waals surface area contributed by atoms with Crippen molar-refractivity contribution in [2.75, 3.05) is 0 Å². The van der Waals surface area contributed by atoms with E-state index in [0.29, 0.717) is 4.88 Å². The fourth-order valence-corrected chi connectivity index (χ4v) is 2.79. The van der Waals surface area contributed by atoms with Crippen LogP contribution in [0, 0.1) is 19.7 Å². The number of rotatable bonds is 2. The molecular weight excluding hydrogens is 223 g/mol. The maximum Gasteiger partial charge on any atom is 0.160 e.